The third kappa shape index (κ3) is 7.13. The molecule has 4 heteroatoms. The van der Waals surface area contributed by atoms with Gasteiger partial charge in [-0.05, 0) is 44.9 Å². The van der Waals surface area contributed by atoms with Crippen LogP contribution in [0.5, 0.6) is 5.75 Å². The molecule has 0 fully saturated rings. The van der Waals surface area contributed by atoms with E-state index in [9.17, 15) is 9.90 Å². The summed E-state index contributed by atoms with van der Waals surface area (Å²) in [6.07, 6.45) is 4.13. The minimum absolute atomic E-state index is 0.244. The van der Waals surface area contributed by atoms with E-state index >= 15 is 0 Å². The molecule has 0 radical (unpaired) electrons. The summed E-state index contributed by atoms with van der Waals surface area (Å²) >= 11 is 0. The van der Waals surface area contributed by atoms with E-state index in [4.69, 9.17) is 4.74 Å². The predicted octanol–water partition coefficient (Wildman–Crippen LogP) is 3.32. The molecule has 104 valence electrons. The second-order valence-electron chi connectivity index (χ2n) is 5.21. The largest absolute Gasteiger partial charge is 0.508 e. The Labute approximate surface area is 114 Å². The Balaban J connectivity index is 2.26. The van der Waals surface area contributed by atoms with Gasteiger partial charge in [0.25, 0.3) is 0 Å². The Kier molecular flexibility index (Phi) is 5.42. The lowest BCUT2D eigenvalue weighted by atomic mass is 10.2. The summed E-state index contributed by atoms with van der Waals surface area (Å²) in [5.74, 6) is 0.244. The minimum atomic E-state index is -0.471. The molecule has 1 amide bonds. The fourth-order valence-electron chi connectivity index (χ4n) is 1.42. The standard InChI is InChI=1S/C15H21NO3/c1-15(2,3)19-14(18)16-10-5-4-7-12-8-6-9-13(17)11-12/h4,6-9,11,17H,5,10H2,1-3H3,(H,16,18). The minimum Gasteiger partial charge on any atom is -0.508 e. The first kappa shape index (κ1) is 15.1. The van der Waals surface area contributed by atoms with Gasteiger partial charge >= 0.3 is 6.09 Å². The van der Waals surface area contributed by atoms with Crippen LogP contribution in [-0.2, 0) is 4.74 Å². The van der Waals surface area contributed by atoms with Crippen LogP contribution in [0.3, 0.4) is 0 Å². The first-order valence-corrected chi connectivity index (χ1v) is 6.29. The number of phenolic OH excluding ortho intramolecular Hbond substituents is 1. The van der Waals surface area contributed by atoms with Gasteiger partial charge in [0.05, 0.1) is 0 Å². The van der Waals surface area contributed by atoms with Gasteiger partial charge in [-0.3, -0.25) is 0 Å². The maximum absolute atomic E-state index is 11.3. The van der Waals surface area contributed by atoms with Crippen molar-refractivity contribution in [2.24, 2.45) is 0 Å². The van der Waals surface area contributed by atoms with Crippen molar-refractivity contribution in [3.05, 3.63) is 35.9 Å². The monoisotopic (exact) mass is 263 g/mol. The van der Waals surface area contributed by atoms with E-state index < -0.39 is 11.7 Å². The maximum atomic E-state index is 11.3. The van der Waals surface area contributed by atoms with Gasteiger partial charge in [0.15, 0.2) is 0 Å². The van der Waals surface area contributed by atoms with Crippen molar-refractivity contribution in [3.8, 4) is 5.75 Å². The highest BCUT2D eigenvalue weighted by atomic mass is 16.6. The van der Waals surface area contributed by atoms with E-state index in [-0.39, 0.29) is 5.75 Å². The van der Waals surface area contributed by atoms with E-state index in [2.05, 4.69) is 5.32 Å². The summed E-state index contributed by atoms with van der Waals surface area (Å²) in [6, 6.07) is 6.99. The van der Waals surface area contributed by atoms with Gasteiger partial charge in [-0.15, -0.1) is 0 Å². The lowest BCUT2D eigenvalue weighted by molar-refractivity contribution is 0.0529. The topological polar surface area (TPSA) is 58.6 Å². The molecule has 1 aromatic rings. The van der Waals surface area contributed by atoms with Gasteiger partial charge in [0.2, 0.25) is 0 Å². The second kappa shape index (κ2) is 6.83. The molecule has 4 nitrogen and oxygen atoms in total. The Morgan fingerprint density at radius 1 is 1.42 bits per heavy atom. The number of phenols is 1. The number of carbonyl (C=O) groups is 1. The van der Waals surface area contributed by atoms with Crippen LogP contribution >= 0.6 is 0 Å². The third-order valence-corrected chi connectivity index (χ3v) is 2.16. The zero-order valence-electron chi connectivity index (χ0n) is 11.6. The third-order valence-electron chi connectivity index (χ3n) is 2.16. The van der Waals surface area contributed by atoms with Crippen molar-refractivity contribution in [2.45, 2.75) is 32.8 Å². The molecule has 0 aliphatic rings. The van der Waals surface area contributed by atoms with E-state index in [0.717, 1.165) is 5.56 Å². The van der Waals surface area contributed by atoms with Crippen LogP contribution in [0.25, 0.3) is 6.08 Å². The molecule has 0 heterocycles. The van der Waals surface area contributed by atoms with Crippen molar-refractivity contribution in [1.82, 2.24) is 5.32 Å². The van der Waals surface area contributed by atoms with Crippen LogP contribution in [0.2, 0.25) is 0 Å². The number of rotatable bonds is 4. The van der Waals surface area contributed by atoms with Gasteiger partial charge in [0.1, 0.15) is 11.4 Å². The summed E-state index contributed by atoms with van der Waals surface area (Å²) in [5.41, 5.74) is 0.457. The number of hydrogen-bond acceptors (Lipinski definition) is 3. The Hall–Kier alpha value is -1.97. The molecule has 2 N–H and O–H groups in total. The van der Waals surface area contributed by atoms with Crippen LogP contribution in [0.15, 0.2) is 30.3 Å². The van der Waals surface area contributed by atoms with E-state index in [0.29, 0.717) is 13.0 Å². The average molecular weight is 263 g/mol. The van der Waals surface area contributed by atoms with Gasteiger partial charge < -0.3 is 15.2 Å². The molecular formula is C15H21NO3. The number of benzene rings is 1. The normalized spacial score (nSPS) is 11.5. The zero-order valence-corrected chi connectivity index (χ0v) is 11.6. The van der Waals surface area contributed by atoms with Crippen molar-refractivity contribution in [2.75, 3.05) is 6.54 Å². The lowest BCUT2D eigenvalue weighted by Crippen LogP contribution is -2.32. The summed E-state index contributed by atoms with van der Waals surface area (Å²) in [7, 11) is 0. The predicted molar refractivity (Wildman–Crippen MR) is 76.0 cm³/mol. The van der Waals surface area contributed by atoms with Gasteiger partial charge in [-0.25, -0.2) is 4.79 Å². The maximum Gasteiger partial charge on any atom is 0.407 e. The van der Waals surface area contributed by atoms with Crippen LogP contribution < -0.4 is 5.32 Å². The molecule has 0 aliphatic carbocycles. The van der Waals surface area contributed by atoms with Crippen molar-refractivity contribution < 1.29 is 14.6 Å². The fraction of sp³-hybridized carbons (Fsp3) is 0.400. The van der Waals surface area contributed by atoms with Crippen molar-refractivity contribution in [3.63, 3.8) is 0 Å². The van der Waals surface area contributed by atoms with Crippen LogP contribution in [0.4, 0.5) is 4.79 Å². The summed E-state index contributed by atoms with van der Waals surface area (Å²) in [5, 5.41) is 12.0. The summed E-state index contributed by atoms with van der Waals surface area (Å²) < 4.78 is 5.11. The average Bonchev–Trinajstić information content (AvgIpc) is 2.26. The number of nitrogens with one attached hydrogen (secondary N) is 1. The number of alkyl carbamates (subject to hydrolysis) is 1. The molecule has 1 rings (SSSR count). The molecule has 0 aliphatic heterocycles. The molecule has 0 saturated carbocycles. The molecule has 0 bridgehead atoms. The van der Waals surface area contributed by atoms with E-state index in [1.807, 2.05) is 39.0 Å². The smallest absolute Gasteiger partial charge is 0.407 e. The zero-order chi connectivity index (χ0) is 14.3. The van der Waals surface area contributed by atoms with Crippen LogP contribution in [0, 0.1) is 0 Å². The number of aromatic hydroxyl groups is 1. The molecule has 1 aromatic carbocycles. The molecule has 0 aromatic heterocycles. The van der Waals surface area contributed by atoms with Crippen molar-refractivity contribution in [1.29, 1.82) is 0 Å². The number of amides is 1. The highest BCUT2D eigenvalue weighted by Gasteiger charge is 2.14. The number of carbonyl (C=O) groups excluding carboxylic acids is 1. The molecule has 0 saturated heterocycles. The van der Waals surface area contributed by atoms with Gasteiger partial charge in [-0.1, -0.05) is 24.3 Å². The van der Waals surface area contributed by atoms with Crippen molar-refractivity contribution >= 4 is 12.2 Å². The Bertz CT molecular complexity index is 447. The quantitative estimate of drug-likeness (QED) is 0.819. The molecular weight excluding hydrogens is 242 g/mol. The fourth-order valence-corrected chi connectivity index (χ4v) is 1.42. The summed E-state index contributed by atoms with van der Waals surface area (Å²) in [6.45, 7) is 6.00. The lowest BCUT2D eigenvalue weighted by Gasteiger charge is -2.19. The molecule has 19 heavy (non-hydrogen) atoms. The van der Waals surface area contributed by atoms with E-state index in [1.165, 1.54) is 0 Å². The first-order chi connectivity index (χ1) is 8.87. The highest BCUT2D eigenvalue weighted by Crippen LogP contribution is 2.12. The van der Waals surface area contributed by atoms with Crippen LogP contribution in [-0.4, -0.2) is 23.3 Å². The molecule has 0 spiro atoms. The highest BCUT2D eigenvalue weighted by molar-refractivity contribution is 5.67. The SMILES string of the molecule is CC(C)(C)OC(=O)NCCC=Cc1cccc(O)c1. The number of ether oxygens (including phenoxy) is 1. The first-order valence-electron chi connectivity index (χ1n) is 6.29. The molecule has 0 atom stereocenters. The number of hydrogen-bond donors (Lipinski definition) is 2. The van der Waals surface area contributed by atoms with E-state index in [1.54, 1.807) is 18.2 Å². The van der Waals surface area contributed by atoms with Gasteiger partial charge in [0, 0.05) is 6.54 Å². The summed E-state index contributed by atoms with van der Waals surface area (Å²) in [4.78, 5) is 11.3. The van der Waals surface area contributed by atoms with Gasteiger partial charge in [-0.2, -0.15) is 0 Å². The second-order valence-corrected chi connectivity index (χ2v) is 5.21. The Morgan fingerprint density at radius 2 is 2.16 bits per heavy atom. The molecule has 0 unspecified atom stereocenters. The Morgan fingerprint density at radius 3 is 2.79 bits per heavy atom. The van der Waals surface area contributed by atoms with Crippen LogP contribution in [0.1, 0.15) is 32.8 Å².